The Bertz CT molecular complexity index is 281. The minimum absolute atomic E-state index is 0.119. The zero-order valence-electron chi connectivity index (χ0n) is 10.7. The van der Waals surface area contributed by atoms with E-state index in [9.17, 15) is 9.59 Å². The number of carbonyl (C=O) groups is 2. The van der Waals surface area contributed by atoms with Gasteiger partial charge in [0.25, 0.3) is 0 Å². The molecule has 0 atom stereocenters. The molecule has 1 rings (SSSR count). The highest BCUT2D eigenvalue weighted by molar-refractivity contribution is 5.77. The summed E-state index contributed by atoms with van der Waals surface area (Å²) in [5, 5.41) is 0. The van der Waals surface area contributed by atoms with Crippen molar-refractivity contribution in [2.45, 2.75) is 6.42 Å². The maximum absolute atomic E-state index is 11.6. The molecule has 0 radical (unpaired) electrons. The van der Waals surface area contributed by atoms with Crippen molar-refractivity contribution in [3.8, 4) is 0 Å². The Kier molecular flexibility index (Phi) is 5.37. The Labute approximate surface area is 102 Å². The normalized spacial score (nSPS) is 18.7. The van der Waals surface area contributed by atoms with Crippen LogP contribution in [0.2, 0.25) is 0 Å². The first kappa shape index (κ1) is 13.9. The smallest absolute Gasteiger partial charge is 0.236 e. The van der Waals surface area contributed by atoms with E-state index in [1.54, 1.807) is 19.0 Å². The molecule has 0 bridgehead atoms. The minimum Gasteiger partial charge on any atom is -0.369 e. The fourth-order valence-electron chi connectivity index (χ4n) is 1.89. The molecule has 6 nitrogen and oxygen atoms in total. The molecule has 2 amide bonds. The third kappa shape index (κ3) is 5.14. The van der Waals surface area contributed by atoms with Crippen LogP contribution in [0, 0.1) is 0 Å². The Hall–Kier alpha value is -1.14. The zero-order chi connectivity index (χ0) is 12.8. The van der Waals surface area contributed by atoms with Gasteiger partial charge in [-0.3, -0.25) is 19.4 Å². The van der Waals surface area contributed by atoms with Gasteiger partial charge < -0.3 is 10.6 Å². The van der Waals surface area contributed by atoms with Crippen molar-refractivity contribution in [2.24, 2.45) is 5.73 Å². The van der Waals surface area contributed by atoms with Gasteiger partial charge in [-0.15, -0.1) is 0 Å². The molecule has 0 spiro atoms. The first-order valence-corrected chi connectivity index (χ1v) is 5.92. The lowest BCUT2D eigenvalue weighted by Gasteiger charge is -2.22. The van der Waals surface area contributed by atoms with Crippen LogP contribution in [-0.2, 0) is 9.59 Å². The monoisotopic (exact) mass is 242 g/mol. The van der Waals surface area contributed by atoms with Crippen molar-refractivity contribution in [2.75, 3.05) is 53.4 Å². The number of nitrogens with two attached hydrogens (primary N) is 1. The van der Waals surface area contributed by atoms with E-state index in [0.29, 0.717) is 13.1 Å². The predicted molar refractivity (Wildman–Crippen MR) is 65.4 cm³/mol. The predicted octanol–water partition coefficient (Wildman–Crippen LogP) is -1.43. The van der Waals surface area contributed by atoms with Crippen molar-refractivity contribution in [1.82, 2.24) is 14.7 Å². The fourth-order valence-corrected chi connectivity index (χ4v) is 1.89. The number of hydrogen-bond donors (Lipinski definition) is 1. The van der Waals surface area contributed by atoms with E-state index in [1.807, 2.05) is 4.90 Å². The van der Waals surface area contributed by atoms with Crippen LogP contribution >= 0.6 is 0 Å². The Morgan fingerprint density at radius 1 is 1.06 bits per heavy atom. The Morgan fingerprint density at radius 3 is 2.06 bits per heavy atom. The lowest BCUT2D eigenvalue weighted by Crippen LogP contribution is -2.40. The molecule has 0 aromatic rings. The van der Waals surface area contributed by atoms with Crippen molar-refractivity contribution in [1.29, 1.82) is 0 Å². The second-order valence-corrected chi connectivity index (χ2v) is 4.66. The minimum atomic E-state index is -0.289. The molecule has 0 aliphatic carbocycles. The molecule has 0 aromatic carbocycles. The first-order valence-electron chi connectivity index (χ1n) is 5.92. The molecule has 6 heteroatoms. The van der Waals surface area contributed by atoms with Crippen LogP contribution in [0.25, 0.3) is 0 Å². The Morgan fingerprint density at radius 2 is 1.59 bits per heavy atom. The van der Waals surface area contributed by atoms with Gasteiger partial charge in [-0.05, 0) is 19.5 Å². The summed E-state index contributed by atoms with van der Waals surface area (Å²) in [7, 11) is 3.53. The fraction of sp³-hybridized carbons (Fsp3) is 0.818. The van der Waals surface area contributed by atoms with E-state index in [-0.39, 0.29) is 11.8 Å². The number of rotatable bonds is 4. The van der Waals surface area contributed by atoms with Gasteiger partial charge >= 0.3 is 0 Å². The SMILES string of the molecule is CN(C)C(=O)CN1CCCN(CC(N)=O)CC1. The molecule has 1 aliphatic heterocycles. The molecule has 1 heterocycles. The molecular weight excluding hydrogens is 220 g/mol. The second-order valence-electron chi connectivity index (χ2n) is 4.66. The van der Waals surface area contributed by atoms with Crippen LogP contribution in [0.3, 0.4) is 0 Å². The van der Waals surface area contributed by atoms with E-state index in [2.05, 4.69) is 4.90 Å². The molecular formula is C11H22N4O2. The largest absolute Gasteiger partial charge is 0.369 e. The number of carbonyl (C=O) groups excluding carboxylic acids is 2. The number of primary amides is 1. The molecule has 98 valence electrons. The molecule has 1 aliphatic rings. The maximum atomic E-state index is 11.6. The van der Waals surface area contributed by atoms with Gasteiger partial charge in [0, 0.05) is 27.2 Å². The van der Waals surface area contributed by atoms with Gasteiger partial charge in [0.1, 0.15) is 0 Å². The van der Waals surface area contributed by atoms with Gasteiger partial charge in [0.15, 0.2) is 0 Å². The summed E-state index contributed by atoms with van der Waals surface area (Å²) < 4.78 is 0. The second kappa shape index (κ2) is 6.56. The summed E-state index contributed by atoms with van der Waals surface area (Å²) in [4.78, 5) is 28.2. The zero-order valence-corrected chi connectivity index (χ0v) is 10.7. The van der Waals surface area contributed by atoms with E-state index in [0.717, 1.165) is 32.6 Å². The van der Waals surface area contributed by atoms with Gasteiger partial charge in [-0.25, -0.2) is 0 Å². The van der Waals surface area contributed by atoms with Crippen LogP contribution in [0.15, 0.2) is 0 Å². The first-order chi connectivity index (χ1) is 7.99. The molecule has 1 fully saturated rings. The third-order valence-electron chi connectivity index (χ3n) is 2.92. The number of likely N-dealkylation sites (N-methyl/N-ethyl adjacent to an activating group) is 1. The summed E-state index contributed by atoms with van der Waals surface area (Å²) in [6.07, 6.45) is 0.966. The van der Waals surface area contributed by atoms with Crippen molar-refractivity contribution in [3.05, 3.63) is 0 Å². The topological polar surface area (TPSA) is 69.9 Å². The van der Waals surface area contributed by atoms with Crippen LogP contribution in [-0.4, -0.2) is 79.9 Å². The van der Waals surface area contributed by atoms with Gasteiger partial charge in [-0.2, -0.15) is 0 Å². The third-order valence-corrected chi connectivity index (χ3v) is 2.92. The quantitative estimate of drug-likeness (QED) is 0.656. The molecule has 2 N–H and O–H groups in total. The summed E-state index contributed by atoms with van der Waals surface area (Å²) >= 11 is 0. The summed E-state index contributed by atoms with van der Waals surface area (Å²) in [6.45, 7) is 4.15. The van der Waals surface area contributed by atoms with Gasteiger partial charge in [0.05, 0.1) is 13.1 Å². The van der Waals surface area contributed by atoms with Gasteiger partial charge in [-0.1, -0.05) is 0 Å². The van der Waals surface area contributed by atoms with Crippen LogP contribution in [0.1, 0.15) is 6.42 Å². The maximum Gasteiger partial charge on any atom is 0.236 e. The molecule has 17 heavy (non-hydrogen) atoms. The Balaban J connectivity index is 2.37. The summed E-state index contributed by atoms with van der Waals surface area (Å²) in [5.74, 6) is -0.170. The lowest BCUT2D eigenvalue weighted by atomic mass is 10.3. The van der Waals surface area contributed by atoms with E-state index in [4.69, 9.17) is 5.73 Å². The van der Waals surface area contributed by atoms with Crippen molar-refractivity contribution >= 4 is 11.8 Å². The van der Waals surface area contributed by atoms with E-state index >= 15 is 0 Å². The van der Waals surface area contributed by atoms with E-state index in [1.165, 1.54) is 0 Å². The summed E-state index contributed by atoms with van der Waals surface area (Å²) in [5.41, 5.74) is 5.17. The highest BCUT2D eigenvalue weighted by Crippen LogP contribution is 2.02. The molecule has 0 unspecified atom stereocenters. The molecule has 0 saturated carbocycles. The number of nitrogens with zero attached hydrogens (tertiary/aromatic N) is 3. The van der Waals surface area contributed by atoms with Crippen LogP contribution in [0.4, 0.5) is 0 Å². The van der Waals surface area contributed by atoms with Gasteiger partial charge in [0.2, 0.25) is 11.8 Å². The standard InChI is InChI=1S/C11H22N4O2/c1-13(2)11(17)9-15-5-3-4-14(6-7-15)8-10(12)16/h3-9H2,1-2H3,(H2,12,16). The molecule has 0 aromatic heterocycles. The van der Waals surface area contributed by atoms with Crippen LogP contribution in [0.5, 0.6) is 0 Å². The lowest BCUT2D eigenvalue weighted by molar-refractivity contribution is -0.130. The van der Waals surface area contributed by atoms with E-state index < -0.39 is 0 Å². The number of amides is 2. The average molecular weight is 242 g/mol. The van der Waals surface area contributed by atoms with Crippen LogP contribution < -0.4 is 5.73 Å². The highest BCUT2D eigenvalue weighted by Gasteiger charge is 2.18. The molecule has 1 saturated heterocycles. The van der Waals surface area contributed by atoms with Crippen molar-refractivity contribution < 1.29 is 9.59 Å². The highest BCUT2D eigenvalue weighted by atomic mass is 16.2. The average Bonchev–Trinajstić information content (AvgIpc) is 2.43. The van der Waals surface area contributed by atoms with Crippen molar-refractivity contribution in [3.63, 3.8) is 0 Å². The summed E-state index contributed by atoms with van der Waals surface area (Å²) in [6, 6.07) is 0. The number of hydrogen-bond acceptors (Lipinski definition) is 4.